The summed E-state index contributed by atoms with van der Waals surface area (Å²) in [7, 11) is 0. The maximum absolute atomic E-state index is 6.26. The molecule has 4 N–H and O–H groups in total. The minimum absolute atomic E-state index is 0.537. The lowest BCUT2D eigenvalue weighted by atomic mass is 10.1. The largest absolute Gasteiger partial charge is 0.393 e. The molecule has 2 aromatic rings. The Morgan fingerprint density at radius 1 is 1.11 bits per heavy atom. The van der Waals surface area contributed by atoms with Crippen molar-refractivity contribution < 1.29 is 4.74 Å². The number of nitrogens with two attached hydrogens (primary N) is 1. The summed E-state index contributed by atoms with van der Waals surface area (Å²) in [6.45, 7) is 7.49. The zero-order valence-electron chi connectivity index (χ0n) is 16.1. The Morgan fingerprint density at radius 2 is 1.85 bits per heavy atom. The second-order valence-corrected chi connectivity index (χ2v) is 6.79. The fourth-order valence-electron chi connectivity index (χ4n) is 3.07. The topological polar surface area (TPSA) is 88.3 Å². The van der Waals surface area contributed by atoms with E-state index in [4.69, 9.17) is 10.5 Å². The number of rotatable bonds is 9. The van der Waals surface area contributed by atoms with Gasteiger partial charge in [0.15, 0.2) is 11.6 Å². The van der Waals surface area contributed by atoms with Gasteiger partial charge in [0.1, 0.15) is 12.0 Å². The van der Waals surface area contributed by atoms with Gasteiger partial charge in [-0.25, -0.2) is 9.97 Å². The molecule has 2 heterocycles. The summed E-state index contributed by atoms with van der Waals surface area (Å²) in [5, 5.41) is 6.61. The van der Waals surface area contributed by atoms with Gasteiger partial charge >= 0.3 is 0 Å². The lowest BCUT2D eigenvalue weighted by Gasteiger charge is -2.26. The number of benzene rings is 1. The summed E-state index contributed by atoms with van der Waals surface area (Å²) >= 11 is 0. The van der Waals surface area contributed by atoms with E-state index in [1.165, 1.54) is 24.7 Å². The average Bonchev–Trinajstić information content (AvgIpc) is 2.71. The summed E-state index contributed by atoms with van der Waals surface area (Å²) in [6.07, 6.45) is 5.07. The van der Waals surface area contributed by atoms with Crippen LogP contribution in [0.4, 0.5) is 23.0 Å². The van der Waals surface area contributed by atoms with Gasteiger partial charge in [-0.05, 0) is 30.5 Å². The molecular formula is C20H30N6O. The van der Waals surface area contributed by atoms with Gasteiger partial charge in [0.2, 0.25) is 0 Å². The smallest absolute Gasteiger partial charge is 0.159 e. The fraction of sp³-hybridized carbons (Fsp3) is 0.500. The first-order chi connectivity index (χ1) is 13.3. The highest BCUT2D eigenvalue weighted by Crippen LogP contribution is 2.25. The molecule has 0 amide bonds. The molecule has 0 bridgehead atoms. The van der Waals surface area contributed by atoms with Crippen molar-refractivity contribution in [3.8, 4) is 0 Å². The van der Waals surface area contributed by atoms with Crippen molar-refractivity contribution >= 4 is 23.0 Å². The first-order valence-corrected chi connectivity index (χ1v) is 9.76. The van der Waals surface area contributed by atoms with E-state index in [0.29, 0.717) is 17.3 Å². The Balaban J connectivity index is 1.55. The third-order valence-electron chi connectivity index (χ3n) is 4.74. The molecule has 1 aliphatic heterocycles. The average molecular weight is 371 g/mol. The predicted octanol–water partition coefficient (Wildman–Crippen LogP) is 2.89. The van der Waals surface area contributed by atoms with Gasteiger partial charge in [-0.3, -0.25) is 4.90 Å². The predicted molar refractivity (Wildman–Crippen MR) is 111 cm³/mol. The molecular weight excluding hydrogens is 340 g/mol. The van der Waals surface area contributed by atoms with E-state index in [0.717, 1.165) is 51.5 Å². The van der Waals surface area contributed by atoms with Crippen LogP contribution in [0.5, 0.6) is 0 Å². The van der Waals surface area contributed by atoms with E-state index in [1.807, 2.05) is 0 Å². The molecule has 7 nitrogen and oxygen atoms in total. The maximum atomic E-state index is 6.26. The summed E-state index contributed by atoms with van der Waals surface area (Å²) in [4.78, 5) is 10.9. The highest BCUT2D eigenvalue weighted by molar-refractivity contribution is 5.77. The quantitative estimate of drug-likeness (QED) is 0.625. The number of hydrogen-bond donors (Lipinski definition) is 3. The molecule has 7 heteroatoms. The van der Waals surface area contributed by atoms with Gasteiger partial charge in [0, 0.05) is 31.9 Å². The monoisotopic (exact) mass is 370 g/mol. The van der Waals surface area contributed by atoms with Crippen LogP contribution >= 0.6 is 0 Å². The van der Waals surface area contributed by atoms with Crippen LogP contribution in [-0.2, 0) is 11.2 Å². The molecule has 0 atom stereocenters. The summed E-state index contributed by atoms with van der Waals surface area (Å²) in [6, 6.07) is 8.43. The van der Waals surface area contributed by atoms with Crippen molar-refractivity contribution in [2.75, 3.05) is 55.8 Å². The van der Waals surface area contributed by atoms with Crippen molar-refractivity contribution in [3.63, 3.8) is 0 Å². The van der Waals surface area contributed by atoms with Crippen LogP contribution < -0.4 is 16.4 Å². The fourth-order valence-corrected chi connectivity index (χ4v) is 3.07. The van der Waals surface area contributed by atoms with E-state index in [1.54, 1.807) is 0 Å². The Morgan fingerprint density at radius 3 is 2.59 bits per heavy atom. The maximum Gasteiger partial charge on any atom is 0.159 e. The molecule has 1 saturated heterocycles. The van der Waals surface area contributed by atoms with Crippen LogP contribution in [0, 0.1) is 0 Å². The number of nitrogens with zero attached hydrogens (tertiary/aromatic N) is 3. The zero-order valence-corrected chi connectivity index (χ0v) is 16.1. The standard InChI is InChI=1S/C20H30N6O/c1-2-3-4-16-5-7-17(8-6-16)25-20-18(21)19(23-15-24-20)22-9-10-26-11-13-27-14-12-26/h5-8,15H,2-4,9-14,21H2,1H3,(H2,22,23,24,25). The lowest BCUT2D eigenvalue weighted by Crippen LogP contribution is -2.39. The minimum atomic E-state index is 0.537. The molecule has 0 unspecified atom stereocenters. The van der Waals surface area contributed by atoms with Crippen molar-refractivity contribution in [1.82, 2.24) is 14.9 Å². The second kappa shape index (κ2) is 10.1. The second-order valence-electron chi connectivity index (χ2n) is 6.79. The first kappa shape index (κ1) is 19.4. The number of hydrogen-bond acceptors (Lipinski definition) is 7. The molecule has 3 rings (SSSR count). The Hall–Kier alpha value is -2.38. The Labute approximate surface area is 161 Å². The highest BCUT2D eigenvalue weighted by Gasteiger charge is 2.11. The number of anilines is 4. The number of ether oxygens (including phenoxy) is 1. The third kappa shape index (κ3) is 5.80. The zero-order chi connectivity index (χ0) is 18.9. The number of nitrogens with one attached hydrogen (secondary N) is 2. The molecule has 1 aliphatic rings. The van der Waals surface area contributed by atoms with Gasteiger partial charge in [0.25, 0.3) is 0 Å². The number of aryl methyl sites for hydroxylation is 1. The van der Waals surface area contributed by atoms with Gasteiger partial charge < -0.3 is 21.1 Å². The molecule has 0 aliphatic carbocycles. The van der Waals surface area contributed by atoms with Crippen LogP contribution in [0.15, 0.2) is 30.6 Å². The van der Waals surface area contributed by atoms with E-state index in [2.05, 4.69) is 56.7 Å². The highest BCUT2D eigenvalue weighted by atomic mass is 16.5. The van der Waals surface area contributed by atoms with Crippen molar-refractivity contribution in [2.24, 2.45) is 0 Å². The van der Waals surface area contributed by atoms with Gasteiger partial charge in [0.05, 0.1) is 13.2 Å². The Kier molecular flexibility index (Phi) is 7.24. The molecule has 27 heavy (non-hydrogen) atoms. The van der Waals surface area contributed by atoms with Crippen LogP contribution in [0.3, 0.4) is 0 Å². The van der Waals surface area contributed by atoms with Gasteiger partial charge in [-0.1, -0.05) is 25.5 Å². The molecule has 0 radical (unpaired) electrons. The molecule has 1 aromatic heterocycles. The van der Waals surface area contributed by atoms with Crippen molar-refractivity contribution in [3.05, 3.63) is 36.2 Å². The van der Waals surface area contributed by atoms with Crippen LogP contribution in [0.2, 0.25) is 0 Å². The van der Waals surface area contributed by atoms with E-state index < -0.39 is 0 Å². The van der Waals surface area contributed by atoms with Crippen LogP contribution in [-0.4, -0.2) is 54.3 Å². The summed E-state index contributed by atoms with van der Waals surface area (Å²) in [5.41, 5.74) is 9.12. The SMILES string of the molecule is CCCCc1ccc(Nc2ncnc(NCCN3CCOCC3)c2N)cc1. The lowest BCUT2D eigenvalue weighted by molar-refractivity contribution is 0.0398. The minimum Gasteiger partial charge on any atom is -0.393 e. The number of nitrogen functional groups attached to an aromatic ring is 1. The van der Waals surface area contributed by atoms with Crippen LogP contribution in [0.1, 0.15) is 25.3 Å². The normalized spacial score (nSPS) is 14.9. The number of morpholine rings is 1. The summed E-state index contributed by atoms with van der Waals surface area (Å²) < 4.78 is 5.37. The van der Waals surface area contributed by atoms with Crippen LogP contribution in [0.25, 0.3) is 0 Å². The van der Waals surface area contributed by atoms with Crippen molar-refractivity contribution in [1.29, 1.82) is 0 Å². The van der Waals surface area contributed by atoms with Gasteiger partial charge in [-0.2, -0.15) is 0 Å². The molecule has 146 valence electrons. The third-order valence-corrected chi connectivity index (χ3v) is 4.74. The van der Waals surface area contributed by atoms with Gasteiger partial charge in [-0.15, -0.1) is 0 Å². The molecule has 0 saturated carbocycles. The van der Waals surface area contributed by atoms with E-state index in [9.17, 15) is 0 Å². The number of unbranched alkanes of at least 4 members (excludes halogenated alkanes) is 1. The molecule has 1 fully saturated rings. The first-order valence-electron chi connectivity index (χ1n) is 9.76. The molecule has 1 aromatic carbocycles. The molecule has 0 spiro atoms. The number of aromatic nitrogens is 2. The Bertz CT molecular complexity index is 700. The van der Waals surface area contributed by atoms with Crippen molar-refractivity contribution in [2.45, 2.75) is 26.2 Å². The van der Waals surface area contributed by atoms with E-state index in [-0.39, 0.29) is 0 Å². The summed E-state index contributed by atoms with van der Waals surface area (Å²) in [5.74, 6) is 1.29. The van der Waals surface area contributed by atoms with E-state index >= 15 is 0 Å².